The summed E-state index contributed by atoms with van der Waals surface area (Å²) in [5, 5.41) is 24.1. The molecule has 136 valence electrons. The van der Waals surface area contributed by atoms with Crippen LogP contribution in [0.1, 0.15) is 37.3 Å². The summed E-state index contributed by atoms with van der Waals surface area (Å²) in [5.74, 6) is -0.283. The number of aromatic hydroxyl groups is 1. The third-order valence-corrected chi connectivity index (χ3v) is 4.61. The van der Waals surface area contributed by atoms with Crippen molar-refractivity contribution < 1.29 is 9.90 Å². The van der Waals surface area contributed by atoms with Gasteiger partial charge in [-0.1, -0.05) is 56.3 Å². The maximum Gasteiger partial charge on any atom is 0.232 e. The maximum absolute atomic E-state index is 13.1. The van der Waals surface area contributed by atoms with Crippen molar-refractivity contribution in [3.63, 3.8) is 0 Å². The van der Waals surface area contributed by atoms with Crippen LogP contribution in [0.5, 0.6) is 5.75 Å². The van der Waals surface area contributed by atoms with Crippen molar-refractivity contribution in [1.29, 1.82) is 5.26 Å². The predicted octanol–water partition coefficient (Wildman–Crippen LogP) is 5.19. The Morgan fingerprint density at radius 3 is 2.59 bits per heavy atom. The molecule has 0 aromatic heterocycles. The molecular formula is C23H22N2O2. The molecule has 4 heteroatoms. The summed E-state index contributed by atoms with van der Waals surface area (Å²) in [6, 6.07) is 20.4. The van der Waals surface area contributed by atoms with Crippen LogP contribution in [-0.4, -0.2) is 11.0 Å². The van der Waals surface area contributed by atoms with Crippen LogP contribution in [0, 0.1) is 17.2 Å². The Kier molecular flexibility index (Phi) is 5.42. The van der Waals surface area contributed by atoms with Crippen LogP contribution in [0.4, 0.5) is 5.69 Å². The van der Waals surface area contributed by atoms with E-state index in [4.69, 9.17) is 5.26 Å². The van der Waals surface area contributed by atoms with Crippen LogP contribution < -0.4 is 5.32 Å². The number of carbonyl (C=O) groups excluding carboxylic acids is 1. The third-order valence-electron chi connectivity index (χ3n) is 4.61. The van der Waals surface area contributed by atoms with Crippen LogP contribution in [0.3, 0.4) is 0 Å². The first-order chi connectivity index (χ1) is 13.0. The van der Waals surface area contributed by atoms with E-state index < -0.39 is 0 Å². The van der Waals surface area contributed by atoms with Gasteiger partial charge in [0.2, 0.25) is 5.91 Å². The summed E-state index contributed by atoms with van der Waals surface area (Å²) in [7, 11) is 0. The summed E-state index contributed by atoms with van der Waals surface area (Å²) in [5.41, 5.74) is 1.61. The van der Waals surface area contributed by atoms with Gasteiger partial charge in [0.15, 0.2) is 0 Å². The second kappa shape index (κ2) is 7.92. The van der Waals surface area contributed by atoms with Crippen LogP contribution in [0.25, 0.3) is 10.8 Å². The number of phenolic OH excluding ortho intramolecular Hbond substituents is 1. The smallest absolute Gasteiger partial charge is 0.232 e. The highest BCUT2D eigenvalue weighted by Gasteiger charge is 2.24. The van der Waals surface area contributed by atoms with E-state index >= 15 is 0 Å². The van der Waals surface area contributed by atoms with Crippen molar-refractivity contribution in [2.75, 3.05) is 5.32 Å². The molecule has 0 saturated carbocycles. The van der Waals surface area contributed by atoms with Crippen LogP contribution >= 0.6 is 0 Å². The van der Waals surface area contributed by atoms with Gasteiger partial charge in [0.05, 0.1) is 23.2 Å². The summed E-state index contributed by atoms with van der Waals surface area (Å²) in [6.07, 6.45) is 0.679. The minimum Gasteiger partial charge on any atom is -0.506 e. The van der Waals surface area contributed by atoms with E-state index in [0.29, 0.717) is 17.9 Å². The van der Waals surface area contributed by atoms with Crippen LogP contribution in [0.15, 0.2) is 60.7 Å². The van der Waals surface area contributed by atoms with E-state index in [-0.39, 0.29) is 23.3 Å². The number of rotatable bonds is 5. The molecule has 0 fully saturated rings. The minimum absolute atomic E-state index is 0.0523. The molecule has 1 unspecified atom stereocenters. The number of amides is 1. The summed E-state index contributed by atoms with van der Waals surface area (Å²) in [6.45, 7) is 4.17. The SMILES string of the molecule is CC(C)CC(C(=O)Nc1cc(C#N)ccc1O)c1cccc2ccccc12. The van der Waals surface area contributed by atoms with Gasteiger partial charge >= 0.3 is 0 Å². The molecule has 1 amide bonds. The molecule has 3 rings (SSSR count). The number of nitriles is 1. The Labute approximate surface area is 159 Å². The fourth-order valence-corrected chi connectivity index (χ4v) is 3.33. The van der Waals surface area contributed by atoms with Gasteiger partial charge in [-0.3, -0.25) is 4.79 Å². The molecule has 4 nitrogen and oxygen atoms in total. The van der Waals surface area contributed by atoms with Gasteiger partial charge in [0, 0.05) is 0 Å². The zero-order valence-corrected chi connectivity index (χ0v) is 15.4. The van der Waals surface area contributed by atoms with Gasteiger partial charge in [-0.25, -0.2) is 0 Å². The fourth-order valence-electron chi connectivity index (χ4n) is 3.33. The third kappa shape index (κ3) is 4.09. The van der Waals surface area contributed by atoms with E-state index in [1.807, 2.05) is 48.5 Å². The van der Waals surface area contributed by atoms with E-state index in [2.05, 4.69) is 19.2 Å². The number of fused-ring (bicyclic) bond motifs is 1. The lowest BCUT2D eigenvalue weighted by Gasteiger charge is -2.21. The predicted molar refractivity (Wildman–Crippen MR) is 108 cm³/mol. The van der Waals surface area contributed by atoms with E-state index in [1.54, 1.807) is 0 Å². The maximum atomic E-state index is 13.1. The summed E-state index contributed by atoms with van der Waals surface area (Å²) < 4.78 is 0. The molecule has 2 N–H and O–H groups in total. The quantitative estimate of drug-likeness (QED) is 0.617. The van der Waals surface area contributed by atoms with Crippen molar-refractivity contribution in [1.82, 2.24) is 0 Å². The Morgan fingerprint density at radius 1 is 1.11 bits per heavy atom. The highest BCUT2D eigenvalue weighted by atomic mass is 16.3. The molecule has 0 bridgehead atoms. The molecule has 0 aliphatic heterocycles. The topological polar surface area (TPSA) is 73.1 Å². The van der Waals surface area contributed by atoms with Gasteiger partial charge in [-0.05, 0) is 46.9 Å². The summed E-state index contributed by atoms with van der Waals surface area (Å²) >= 11 is 0. The Balaban J connectivity index is 2.00. The molecule has 27 heavy (non-hydrogen) atoms. The zero-order chi connectivity index (χ0) is 19.4. The Morgan fingerprint density at radius 2 is 1.85 bits per heavy atom. The van der Waals surface area contributed by atoms with Crippen molar-refractivity contribution in [2.45, 2.75) is 26.2 Å². The second-order valence-electron chi connectivity index (χ2n) is 7.08. The van der Waals surface area contributed by atoms with Gasteiger partial charge in [0.1, 0.15) is 5.75 Å². The molecule has 0 aliphatic rings. The molecule has 0 radical (unpaired) electrons. The first kappa shape index (κ1) is 18.5. The number of phenols is 1. The molecule has 0 spiro atoms. The molecule has 3 aromatic rings. The van der Waals surface area contributed by atoms with Gasteiger partial charge in [-0.15, -0.1) is 0 Å². The van der Waals surface area contributed by atoms with Gasteiger partial charge in [-0.2, -0.15) is 5.26 Å². The molecule has 0 heterocycles. The van der Waals surface area contributed by atoms with E-state index in [0.717, 1.165) is 16.3 Å². The van der Waals surface area contributed by atoms with Gasteiger partial charge < -0.3 is 10.4 Å². The average molecular weight is 358 g/mol. The monoisotopic (exact) mass is 358 g/mol. The fraction of sp³-hybridized carbons (Fsp3) is 0.217. The van der Waals surface area contributed by atoms with Crippen LogP contribution in [-0.2, 0) is 4.79 Å². The Bertz CT molecular complexity index is 1010. The number of nitrogens with zero attached hydrogens (tertiary/aromatic N) is 1. The first-order valence-corrected chi connectivity index (χ1v) is 9.01. The lowest BCUT2D eigenvalue weighted by molar-refractivity contribution is -0.117. The number of benzene rings is 3. The lowest BCUT2D eigenvalue weighted by Crippen LogP contribution is -2.23. The highest BCUT2D eigenvalue weighted by molar-refractivity contribution is 6.00. The normalized spacial score (nSPS) is 11.9. The first-order valence-electron chi connectivity index (χ1n) is 9.01. The van der Waals surface area contributed by atoms with Crippen molar-refractivity contribution >= 4 is 22.4 Å². The van der Waals surface area contributed by atoms with Crippen LogP contribution in [0.2, 0.25) is 0 Å². The number of carbonyl (C=O) groups is 1. The number of anilines is 1. The molecule has 1 atom stereocenters. The largest absolute Gasteiger partial charge is 0.506 e. The molecule has 0 saturated heterocycles. The molecule has 0 aliphatic carbocycles. The van der Waals surface area contributed by atoms with Crippen molar-refractivity contribution in [3.8, 4) is 11.8 Å². The van der Waals surface area contributed by atoms with E-state index in [9.17, 15) is 9.90 Å². The highest BCUT2D eigenvalue weighted by Crippen LogP contribution is 2.33. The minimum atomic E-state index is -0.360. The molecule has 3 aromatic carbocycles. The standard InChI is InChI=1S/C23H22N2O2/c1-15(2)12-20(19-9-5-7-17-6-3-4-8-18(17)19)23(27)25-21-13-16(14-24)10-11-22(21)26/h3-11,13,15,20,26H,12H2,1-2H3,(H,25,27). The average Bonchev–Trinajstić information content (AvgIpc) is 2.67. The number of hydrogen-bond donors (Lipinski definition) is 2. The van der Waals surface area contributed by atoms with Crippen molar-refractivity contribution in [2.24, 2.45) is 5.92 Å². The van der Waals surface area contributed by atoms with Crippen molar-refractivity contribution in [3.05, 3.63) is 71.8 Å². The Hall–Kier alpha value is -3.32. The van der Waals surface area contributed by atoms with E-state index in [1.165, 1.54) is 18.2 Å². The lowest BCUT2D eigenvalue weighted by atomic mass is 9.86. The summed E-state index contributed by atoms with van der Waals surface area (Å²) in [4.78, 5) is 13.1. The molecular weight excluding hydrogens is 336 g/mol. The second-order valence-corrected chi connectivity index (χ2v) is 7.08. The number of nitrogens with one attached hydrogen (secondary N) is 1. The zero-order valence-electron chi connectivity index (χ0n) is 15.4. The number of hydrogen-bond acceptors (Lipinski definition) is 3. The van der Waals surface area contributed by atoms with Gasteiger partial charge in [0.25, 0.3) is 0 Å².